The van der Waals surface area contributed by atoms with E-state index in [9.17, 15) is 13.5 Å². The summed E-state index contributed by atoms with van der Waals surface area (Å²) >= 11 is 5.83. The van der Waals surface area contributed by atoms with Crippen LogP contribution in [-0.4, -0.2) is 46.0 Å². The third-order valence-corrected chi connectivity index (χ3v) is 6.12. The quantitative estimate of drug-likeness (QED) is 0.796. The highest BCUT2D eigenvalue weighted by Crippen LogP contribution is 2.35. The molecule has 9 nitrogen and oxygen atoms in total. The van der Waals surface area contributed by atoms with Crippen LogP contribution in [0.2, 0.25) is 5.02 Å². The van der Waals surface area contributed by atoms with Gasteiger partial charge >= 0.3 is 0 Å². The predicted molar refractivity (Wildman–Crippen MR) is 89.3 cm³/mol. The maximum Gasteiger partial charge on any atom is 0.260 e. The summed E-state index contributed by atoms with van der Waals surface area (Å²) in [5.74, 6) is 0.332. The number of pyridine rings is 1. The van der Waals surface area contributed by atoms with E-state index in [0.717, 1.165) is 4.31 Å². The van der Waals surface area contributed by atoms with Gasteiger partial charge < -0.3 is 15.4 Å². The SMILES string of the molecule is CC(C)c1noc([C@@]2(O)CCN(S(=O)(=O)c3cc(Cl)cnc3N)C2)n1. The Labute approximate surface area is 149 Å². The molecule has 0 spiro atoms. The van der Waals surface area contributed by atoms with Gasteiger partial charge in [-0.05, 0) is 6.07 Å². The number of nitrogens with two attached hydrogens (primary N) is 1. The standard InChI is InChI=1S/C14H18ClN5O4S/c1-8(2)12-18-13(24-19-12)14(21)3-4-20(7-14)25(22,23)10-5-9(15)6-17-11(10)16/h5-6,8,21H,3-4,7H2,1-2H3,(H2,16,17)/t14-/m1/s1. The summed E-state index contributed by atoms with van der Waals surface area (Å²) in [6, 6.07) is 1.24. The third-order valence-electron chi connectivity index (χ3n) is 4.04. The van der Waals surface area contributed by atoms with Gasteiger partial charge in [-0.1, -0.05) is 30.6 Å². The molecule has 0 aliphatic carbocycles. The second kappa shape index (κ2) is 6.20. The monoisotopic (exact) mass is 387 g/mol. The summed E-state index contributed by atoms with van der Waals surface area (Å²) in [5, 5.41) is 14.8. The first-order valence-electron chi connectivity index (χ1n) is 7.61. The normalized spacial score (nSPS) is 22.0. The molecule has 0 amide bonds. The van der Waals surface area contributed by atoms with Crippen molar-refractivity contribution in [1.29, 1.82) is 0 Å². The molecule has 3 rings (SSSR count). The van der Waals surface area contributed by atoms with Crippen LogP contribution in [0.1, 0.15) is 37.9 Å². The fourth-order valence-corrected chi connectivity index (χ4v) is 4.38. The number of nitrogen functional groups attached to an aromatic ring is 1. The van der Waals surface area contributed by atoms with Crippen LogP contribution in [-0.2, 0) is 15.6 Å². The Balaban J connectivity index is 1.89. The van der Waals surface area contributed by atoms with Crippen LogP contribution >= 0.6 is 11.6 Å². The maximum atomic E-state index is 12.8. The number of anilines is 1. The number of nitrogens with zero attached hydrogens (tertiary/aromatic N) is 4. The minimum absolute atomic E-state index is 0.00564. The van der Waals surface area contributed by atoms with Crippen LogP contribution in [0.5, 0.6) is 0 Å². The largest absolute Gasteiger partial charge is 0.383 e. The zero-order valence-electron chi connectivity index (χ0n) is 13.7. The lowest BCUT2D eigenvalue weighted by Gasteiger charge is -2.20. The minimum atomic E-state index is -3.97. The molecule has 1 atom stereocenters. The van der Waals surface area contributed by atoms with Gasteiger partial charge in [-0.25, -0.2) is 13.4 Å². The molecule has 136 valence electrons. The van der Waals surface area contributed by atoms with Crippen molar-refractivity contribution in [1.82, 2.24) is 19.4 Å². The zero-order chi connectivity index (χ0) is 18.4. The van der Waals surface area contributed by atoms with Gasteiger partial charge in [0.15, 0.2) is 11.4 Å². The lowest BCUT2D eigenvalue weighted by molar-refractivity contribution is 0.0194. The van der Waals surface area contributed by atoms with Gasteiger partial charge in [0.1, 0.15) is 10.7 Å². The van der Waals surface area contributed by atoms with E-state index in [0.29, 0.717) is 5.82 Å². The molecular weight excluding hydrogens is 370 g/mol. The van der Waals surface area contributed by atoms with Gasteiger partial charge in [0.2, 0.25) is 10.0 Å². The zero-order valence-corrected chi connectivity index (χ0v) is 15.3. The first-order chi connectivity index (χ1) is 11.6. The van der Waals surface area contributed by atoms with Crippen LogP contribution < -0.4 is 5.73 Å². The molecule has 1 fully saturated rings. The summed E-state index contributed by atoms with van der Waals surface area (Å²) in [4.78, 5) is 7.75. The highest BCUT2D eigenvalue weighted by atomic mass is 35.5. The molecule has 0 aromatic carbocycles. The Morgan fingerprint density at radius 3 is 2.84 bits per heavy atom. The van der Waals surface area contributed by atoms with Crippen LogP contribution in [0.4, 0.5) is 5.82 Å². The molecule has 0 bridgehead atoms. The van der Waals surface area contributed by atoms with E-state index < -0.39 is 15.6 Å². The molecule has 3 N–H and O–H groups in total. The van der Waals surface area contributed by atoms with E-state index in [2.05, 4.69) is 15.1 Å². The van der Waals surface area contributed by atoms with Crippen LogP contribution in [0, 0.1) is 0 Å². The fourth-order valence-electron chi connectivity index (χ4n) is 2.57. The highest BCUT2D eigenvalue weighted by Gasteiger charge is 2.47. The summed E-state index contributed by atoms with van der Waals surface area (Å²) < 4.78 is 31.9. The Hall–Kier alpha value is -1.75. The van der Waals surface area contributed by atoms with E-state index in [1.165, 1.54) is 12.3 Å². The molecule has 25 heavy (non-hydrogen) atoms. The van der Waals surface area contributed by atoms with Crippen molar-refractivity contribution < 1.29 is 18.0 Å². The smallest absolute Gasteiger partial charge is 0.260 e. The summed E-state index contributed by atoms with van der Waals surface area (Å²) in [7, 11) is -3.97. The van der Waals surface area contributed by atoms with Crippen molar-refractivity contribution in [2.45, 2.75) is 36.7 Å². The van der Waals surface area contributed by atoms with E-state index in [1.54, 1.807) is 0 Å². The molecule has 2 aromatic heterocycles. The van der Waals surface area contributed by atoms with E-state index in [-0.39, 0.29) is 47.1 Å². The molecule has 3 heterocycles. The van der Waals surface area contributed by atoms with E-state index >= 15 is 0 Å². The van der Waals surface area contributed by atoms with E-state index in [4.69, 9.17) is 21.9 Å². The second-order valence-corrected chi connectivity index (χ2v) is 8.61. The van der Waals surface area contributed by atoms with Gasteiger partial charge in [0, 0.05) is 25.1 Å². The Morgan fingerprint density at radius 2 is 2.20 bits per heavy atom. The first-order valence-corrected chi connectivity index (χ1v) is 9.43. The molecule has 0 unspecified atom stereocenters. The number of hydrogen-bond donors (Lipinski definition) is 2. The highest BCUT2D eigenvalue weighted by molar-refractivity contribution is 7.89. The molecule has 1 aliphatic heterocycles. The third kappa shape index (κ3) is 3.22. The topological polar surface area (TPSA) is 135 Å². The Bertz CT molecular complexity index is 900. The number of rotatable bonds is 4. The Kier molecular flexibility index (Phi) is 4.48. The van der Waals surface area contributed by atoms with Gasteiger partial charge in [-0.3, -0.25) is 0 Å². The average molecular weight is 388 g/mol. The van der Waals surface area contributed by atoms with Gasteiger partial charge in [0.25, 0.3) is 5.89 Å². The van der Waals surface area contributed by atoms with Gasteiger partial charge in [0.05, 0.1) is 11.6 Å². The number of aromatic nitrogens is 3. The molecule has 2 aromatic rings. The number of β-amino-alcohol motifs (C(OH)–C–C–N with tert-alkyl or cyclic N) is 1. The molecular formula is C14H18ClN5O4S. The molecule has 1 saturated heterocycles. The first kappa shape index (κ1) is 18.1. The van der Waals surface area contributed by atoms with Crippen molar-refractivity contribution in [2.24, 2.45) is 0 Å². The molecule has 0 radical (unpaired) electrons. The number of sulfonamides is 1. The minimum Gasteiger partial charge on any atom is -0.383 e. The maximum absolute atomic E-state index is 12.8. The number of hydrogen-bond acceptors (Lipinski definition) is 8. The number of aliphatic hydroxyl groups is 1. The van der Waals surface area contributed by atoms with Crippen LogP contribution in [0.25, 0.3) is 0 Å². The van der Waals surface area contributed by atoms with Crippen molar-refractivity contribution in [2.75, 3.05) is 18.8 Å². The summed E-state index contributed by atoms with van der Waals surface area (Å²) in [5.41, 5.74) is 4.13. The fraction of sp³-hybridized carbons (Fsp3) is 0.500. The van der Waals surface area contributed by atoms with Crippen LogP contribution in [0.3, 0.4) is 0 Å². The molecule has 1 aliphatic rings. The Morgan fingerprint density at radius 1 is 1.48 bits per heavy atom. The molecule has 0 saturated carbocycles. The average Bonchev–Trinajstić information content (AvgIpc) is 3.17. The molecule has 11 heteroatoms. The lowest BCUT2D eigenvalue weighted by atomic mass is 10.0. The van der Waals surface area contributed by atoms with Crippen molar-refractivity contribution in [3.63, 3.8) is 0 Å². The second-order valence-electron chi connectivity index (χ2n) is 6.27. The van der Waals surface area contributed by atoms with Crippen molar-refractivity contribution in [3.8, 4) is 0 Å². The van der Waals surface area contributed by atoms with E-state index in [1.807, 2.05) is 13.8 Å². The van der Waals surface area contributed by atoms with Crippen LogP contribution in [0.15, 0.2) is 21.7 Å². The predicted octanol–water partition coefficient (Wildman–Crippen LogP) is 1.11. The van der Waals surface area contributed by atoms with Crippen molar-refractivity contribution >= 4 is 27.4 Å². The van der Waals surface area contributed by atoms with Gasteiger partial charge in [-0.15, -0.1) is 0 Å². The summed E-state index contributed by atoms with van der Waals surface area (Å²) in [6.07, 6.45) is 1.39. The van der Waals surface area contributed by atoms with Crippen molar-refractivity contribution in [3.05, 3.63) is 29.0 Å². The van der Waals surface area contributed by atoms with Gasteiger partial charge in [-0.2, -0.15) is 9.29 Å². The summed E-state index contributed by atoms with van der Waals surface area (Å²) in [6.45, 7) is 3.63. The lowest BCUT2D eigenvalue weighted by Crippen LogP contribution is -2.35. The number of halogens is 1.